The van der Waals surface area contributed by atoms with Crippen LogP contribution in [0.5, 0.6) is 11.5 Å². The molecule has 0 saturated carbocycles. The number of guanidine groups is 1. The summed E-state index contributed by atoms with van der Waals surface area (Å²) in [7, 11) is -3.67. The van der Waals surface area contributed by atoms with Crippen LogP contribution < -0.4 is 20.9 Å². The molecule has 138 valence electrons. The second-order valence-corrected chi connectivity index (χ2v) is 6.66. The van der Waals surface area contributed by atoms with Gasteiger partial charge in [0, 0.05) is 11.1 Å². The van der Waals surface area contributed by atoms with Gasteiger partial charge in [-0.3, -0.25) is 9.35 Å². The van der Waals surface area contributed by atoms with E-state index in [0.717, 1.165) is 11.1 Å². The van der Waals surface area contributed by atoms with Crippen LogP contribution in [0.3, 0.4) is 0 Å². The van der Waals surface area contributed by atoms with Crippen molar-refractivity contribution >= 4 is 22.0 Å². The van der Waals surface area contributed by atoms with Gasteiger partial charge in [0.2, 0.25) is 6.79 Å². The number of carbonyl (C=O) groups excluding carboxylic acids is 1. The molecule has 10 heteroatoms. The Bertz CT molecular complexity index is 944. The van der Waals surface area contributed by atoms with E-state index >= 15 is 0 Å². The van der Waals surface area contributed by atoms with Crippen LogP contribution in [0.1, 0.15) is 10.4 Å². The predicted molar refractivity (Wildman–Crippen MR) is 95.6 cm³/mol. The smallest absolute Gasteiger partial charge is 0.280 e. The molecule has 0 spiro atoms. The Morgan fingerprint density at radius 2 is 1.81 bits per heavy atom. The lowest BCUT2D eigenvalue weighted by molar-refractivity contribution is 0.100. The van der Waals surface area contributed by atoms with Gasteiger partial charge in [0.05, 0.1) is 6.26 Å². The van der Waals surface area contributed by atoms with E-state index in [0.29, 0.717) is 23.3 Å². The van der Waals surface area contributed by atoms with Gasteiger partial charge in [0.15, 0.2) is 17.5 Å². The average molecular weight is 379 g/mol. The lowest BCUT2D eigenvalue weighted by Gasteiger charge is -2.07. The van der Waals surface area contributed by atoms with E-state index < -0.39 is 16.0 Å². The highest BCUT2D eigenvalue weighted by Crippen LogP contribution is 2.41. The van der Waals surface area contributed by atoms with Crippen molar-refractivity contribution in [3.05, 3.63) is 48.0 Å². The third-order valence-electron chi connectivity index (χ3n) is 3.05. The minimum atomic E-state index is -3.67. The Morgan fingerprint density at radius 3 is 2.46 bits per heavy atom. The van der Waals surface area contributed by atoms with Gasteiger partial charge in [-0.1, -0.05) is 24.3 Å². The topological polar surface area (TPSA) is 154 Å². The van der Waals surface area contributed by atoms with E-state index in [2.05, 4.69) is 4.99 Å². The number of aliphatic imine (C=N–C) groups is 1. The minimum Gasteiger partial charge on any atom is -0.454 e. The summed E-state index contributed by atoms with van der Waals surface area (Å²) in [5.74, 6) is 0.613. The van der Waals surface area contributed by atoms with Crippen molar-refractivity contribution in [3.63, 3.8) is 0 Å². The predicted octanol–water partition coefficient (Wildman–Crippen LogP) is 1.000. The second-order valence-electron chi connectivity index (χ2n) is 5.20. The molecule has 0 fully saturated rings. The van der Waals surface area contributed by atoms with Gasteiger partial charge >= 0.3 is 0 Å². The molecule has 1 amide bonds. The molecule has 26 heavy (non-hydrogen) atoms. The Hall–Kier alpha value is -3.11. The summed E-state index contributed by atoms with van der Waals surface area (Å²) < 4.78 is 36.7. The van der Waals surface area contributed by atoms with Gasteiger partial charge < -0.3 is 20.9 Å². The number of ether oxygens (including phenoxy) is 2. The molecule has 0 aromatic heterocycles. The van der Waals surface area contributed by atoms with Crippen molar-refractivity contribution in [2.24, 2.45) is 16.5 Å². The minimum absolute atomic E-state index is 0.193. The van der Waals surface area contributed by atoms with Crippen LogP contribution >= 0.6 is 0 Å². The van der Waals surface area contributed by atoms with Crippen LogP contribution in [-0.4, -0.2) is 37.9 Å². The molecular weight excluding hydrogens is 362 g/mol. The molecule has 0 saturated heterocycles. The maximum Gasteiger partial charge on any atom is 0.280 e. The Labute approximate surface area is 150 Å². The highest BCUT2D eigenvalue weighted by molar-refractivity contribution is 7.85. The fourth-order valence-electron chi connectivity index (χ4n) is 2.16. The van der Waals surface area contributed by atoms with Gasteiger partial charge in [-0.05, 0) is 23.8 Å². The van der Waals surface area contributed by atoms with Crippen LogP contribution in [0.25, 0.3) is 11.1 Å². The van der Waals surface area contributed by atoms with E-state index in [4.69, 9.17) is 25.5 Å². The van der Waals surface area contributed by atoms with E-state index in [1.165, 1.54) is 0 Å². The Morgan fingerprint density at radius 1 is 1.15 bits per heavy atom. The number of nitrogens with zero attached hydrogens (tertiary/aromatic N) is 1. The number of amides is 1. The number of benzene rings is 2. The normalized spacial score (nSPS) is 11.9. The summed E-state index contributed by atoms with van der Waals surface area (Å²) in [5.41, 5.74) is 12.5. The van der Waals surface area contributed by atoms with E-state index in [9.17, 15) is 13.2 Å². The lowest BCUT2D eigenvalue weighted by atomic mass is 10.0. The first-order valence-electron chi connectivity index (χ1n) is 7.20. The first-order valence-corrected chi connectivity index (χ1v) is 9.05. The molecule has 5 N–H and O–H groups in total. The zero-order valence-electron chi connectivity index (χ0n) is 13.7. The lowest BCUT2D eigenvalue weighted by Crippen LogP contribution is -2.24. The fourth-order valence-corrected chi connectivity index (χ4v) is 2.16. The molecule has 2 aromatic rings. The maximum absolute atomic E-state index is 11.9. The number of rotatable bonds is 2. The summed E-state index contributed by atoms with van der Waals surface area (Å²) in [6, 6.07) is 12.6. The summed E-state index contributed by atoms with van der Waals surface area (Å²) in [5, 5.41) is 0. The van der Waals surface area contributed by atoms with Crippen LogP contribution in [0, 0.1) is 0 Å². The molecule has 3 rings (SSSR count). The Kier molecular flexibility index (Phi) is 5.80. The van der Waals surface area contributed by atoms with Crippen LogP contribution in [0.2, 0.25) is 0 Å². The zero-order chi connectivity index (χ0) is 19.3. The van der Waals surface area contributed by atoms with Crippen molar-refractivity contribution in [2.45, 2.75) is 0 Å². The van der Waals surface area contributed by atoms with Gasteiger partial charge in [-0.25, -0.2) is 0 Å². The molecule has 1 heterocycles. The third-order valence-corrected chi connectivity index (χ3v) is 3.05. The largest absolute Gasteiger partial charge is 0.454 e. The Balaban J connectivity index is 0.000000431. The SMILES string of the molecule is CS(=O)(=O)O.NC(N)=NC(=O)c1cccc(-c2cccc3c2OCO3)c1. The molecule has 0 bridgehead atoms. The number of fused-ring (bicyclic) bond motifs is 1. The highest BCUT2D eigenvalue weighted by atomic mass is 32.2. The monoisotopic (exact) mass is 379 g/mol. The summed E-state index contributed by atoms with van der Waals surface area (Å²) >= 11 is 0. The highest BCUT2D eigenvalue weighted by Gasteiger charge is 2.18. The van der Waals surface area contributed by atoms with Crippen molar-refractivity contribution in [2.75, 3.05) is 13.0 Å². The molecule has 9 nitrogen and oxygen atoms in total. The van der Waals surface area contributed by atoms with E-state index in [-0.39, 0.29) is 12.8 Å². The van der Waals surface area contributed by atoms with Crippen molar-refractivity contribution in [1.82, 2.24) is 0 Å². The van der Waals surface area contributed by atoms with Crippen LogP contribution in [0.15, 0.2) is 47.5 Å². The quantitative estimate of drug-likeness (QED) is 0.396. The molecule has 1 aliphatic heterocycles. The van der Waals surface area contributed by atoms with Crippen LogP contribution in [0.4, 0.5) is 0 Å². The zero-order valence-corrected chi connectivity index (χ0v) is 14.6. The maximum atomic E-state index is 11.9. The summed E-state index contributed by atoms with van der Waals surface area (Å²) in [6.07, 6.45) is 0.715. The first kappa shape index (κ1) is 19.2. The van der Waals surface area contributed by atoms with Crippen molar-refractivity contribution in [1.29, 1.82) is 0 Å². The summed E-state index contributed by atoms with van der Waals surface area (Å²) in [4.78, 5) is 15.4. The molecule has 0 aliphatic carbocycles. The molecule has 0 unspecified atom stereocenters. The second kappa shape index (κ2) is 7.85. The summed E-state index contributed by atoms with van der Waals surface area (Å²) in [6.45, 7) is 0.193. The van der Waals surface area contributed by atoms with Gasteiger partial charge in [0.25, 0.3) is 16.0 Å². The number of hydrogen-bond donors (Lipinski definition) is 3. The molecular formula is C16H17N3O6S. The van der Waals surface area contributed by atoms with Crippen molar-refractivity contribution in [3.8, 4) is 22.6 Å². The first-order chi connectivity index (χ1) is 12.1. The molecule has 0 radical (unpaired) electrons. The van der Waals surface area contributed by atoms with E-state index in [1.807, 2.05) is 24.3 Å². The third kappa shape index (κ3) is 5.46. The standard InChI is InChI=1S/C15H13N3O3.CH4O3S/c16-15(17)18-14(19)10-4-1-3-9(7-10)11-5-2-6-12-13(11)21-8-20-12;1-5(2,3)4/h1-7H,8H2,(H4,16,17,18,19);1H3,(H,2,3,4). The van der Waals surface area contributed by atoms with Gasteiger partial charge in [-0.15, -0.1) is 0 Å². The average Bonchev–Trinajstić information content (AvgIpc) is 3.01. The van der Waals surface area contributed by atoms with Crippen LogP contribution in [-0.2, 0) is 10.1 Å². The van der Waals surface area contributed by atoms with Gasteiger partial charge in [-0.2, -0.15) is 13.4 Å². The fraction of sp³-hybridized carbons (Fsp3) is 0.125. The number of hydrogen-bond acceptors (Lipinski definition) is 5. The molecule has 2 aromatic carbocycles. The number of para-hydroxylation sites is 1. The van der Waals surface area contributed by atoms with E-state index in [1.54, 1.807) is 18.2 Å². The molecule has 1 aliphatic rings. The number of carbonyl (C=O) groups is 1. The molecule has 0 atom stereocenters. The van der Waals surface area contributed by atoms with Gasteiger partial charge in [0.1, 0.15) is 0 Å². The van der Waals surface area contributed by atoms with Crippen molar-refractivity contribution < 1.29 is 27.2 Å². The number of nitrogens with two attached hydrogens (primary N) is 2.